The molecule has 1 saturated heterocycles. The lowest BCUT2D eigenvalue weighted by Gasteiger charge is -2.24. The van der Waals surface area contributed by atoms with Crippen molar-refractivity contribution in [3.05, 3.63) is 35.4 Å². The van der Waals surface area contributed by atoms with Gasteiger partial charge in [0.2, 0.25) is 0 Å². The molecule has 1 N–H and O–H groups in total. The molecule has 106 valence electrons. The summed E-state index contributed by atoms with van der Waals surface area (Å²) >= 11 is 0. The summed E-state index contributed by atoms with van der Waals surface area (Å²) in [5.41, 5.74) is 2.79. The molecule has 1 aliphatic heterocycles. The van der Waals surface area contributed by atoms with Gasteiger partial charge in [0.05, 0.1) is 0 Å². The molecule has 0 radical (unpaired) electrons. The minimum Gasteiger partial charge on any atom is -0.316 e. The molecule has 2 heteroatoms. The van der Waals surface area contributed by atoms with E-state index in [4.69, 9.17) is 0 Å². The van der Waals surface area contributed by atoms with Gasteiger partial charge in [0, 0.05) is 6.54 Å². The van der Waals surface area contributed by atoms with Crippen LogP contribution in [-0.2, 0) is 6.54 Å². The molecular weight excluding hydrogens is 232 g/mol. The zero-order chi connectivity index (χ0) is 13.5. The van der Waals surface area contributed by atoms with E-state index in [2.05, 4.69) is 48.5 Å². The summed E-state index contributed by atoms with van der Waals surface area (Å²) in [5, 5.41) is 3.51. The van der Waals surface area contributed by atoms with Gasteiger partial charge in [0.25, 0.3) is 0 Å². The fraction of sp³-hybridized carbons (Fsp3) is 0.647. The molecule has 1 fully saturated rings. The molecule has 2 nitrogen and oxygen atoms in total. The van der Waals surface area contributed by atoms with Crippen LogP contribution in [0, 0.1) is 12.8 Å². The first kappa shape index (κ1) is 14.5. The Bertz CT molecular complexity index is 369. The van der Waals surface area contributed by atoms with Crippen LogP contribution in [0.3, 0.4) is 0 Å². The Kier molecular flexibility index (Phi) is 5.87. The molecule has 0 bridgehead atoms. The average Bonchev–Trinajstić information content (AvgIpc) is 2.40. The second-order valence-corrected chi connectivity index (χ2v) is 6.08. The van der Waals surface area contributed by atoms with E-state index in [1.807, 2.05) is 0 Å². The number of nitrogens with one attached hydrogen (secondary N) is 1. The van der Waals surface area contributed by atoms with Crippen molar-refractivity contribution in [2.45, 2.75) is 39.2 Å². The summed E-state index contributed by atoms with van der Waals surface area (Å²) < 4.78 is 0. The van der Waals surface area contributed by atoms with E-state index in [1.165, 1.54) is 56.4 Å². The summed E-state index contributed by atoms with van der Waals surface area (Å²) in [6.07, 6.45) is 5.50. The molecule has 1 aromatic carbocycles. The van der Waals surface area contributed by atoms with Crippen molar-refractivity contribution in [2.24, 2.45) is 5.92 Å². The number of rotatable bonds is 6. The molecular formula is C17H28N2. The summed E-state index contributed by atoms with van der Waals surface area (Å²) in [6, 6.07) is 8.85. The van der Waals surface area contributed by atoms with Gasteiger partial charge in [-0.3, -0.25) is 0 Å². The van der Waals surface area contributed by atoms with Crippen LogP contribution >= 0.6 is 0 Å². The van der Waals surface area contributed by atoms with Crippen molar-refractivity contribution in [1.29, 1.82) is 0 Å². The van der Waals surface area contributed by atoms with Crippen molar-refractivity contribution >= 4 is 0 Å². The first-order chi connectivity index (χ1) is 9.24. The van der Waals surface area contributed by atoms with Crippen LogP contribution in [0.4, 0.5) is 0 Å². The Balaban J connectivity index is 1.65. The third-order valence-corrected chi connectivity index (χ3v) is 4.09. The van der Waals surface area contributed by atoms with Gasteiger partial charge in [-0.1, -0.05) is 29.8 Å². The van der Waals surface area contributed by atoms with Gasteiger partial charge in [-0.2, -0.15) is 0 Å². The number of nitrogens with zero attached hydrogens (tertiary/aromatic N) is 1. The number of benzene rings is 1. The topological polar surface area (TPSA) is 15.3 Å². The van der Waals surface area contributed by atoms with E-state index in [-0.39, 0.29) is 0 Å². The highest BCUT2D eigenvalue weighted by molar-refractivity contribution is 5.21. The van der Waals surface area contributed by atoms with Crippen LogP contribution in [-0.4, -0.2) is 31.6 Å². The predicted molar refractivity (Wildman–Crippen MR) is 82.3 cm³/mol. The zero-order valence-electron chi connectivity index (χ0n) is 12.5. The maximum absolute atomic E-state index is 3.51. The van der Waals surface area contributed by atoms with Gasteiger partial charge in [0.1, 0.15) is 0 Å². The largest absolute Gasteiger partial charge is 0.316 e. The molecule has 0 aromatic heterocycles. The van der Waals surface area contributed by atoms with Crippen LogP contribution in [0.25, 0.3) is 0 Å². The van der Waals surface area contributed by atoms with E-state index < -0.39 is 0 Å². The Morgan fingerprint density at radius 1 is 1.37 bits per heavy atom. The fourth-order valence-corrected chi connectivity index (χ4v) is 3.02. The van der Waals surface area contributed by atoms with Crippen molar-refractivity contribution < 1.29 is 0 Å². The molecule has 1 heterocycles. The Morgan fingerprint density at radius 2 is 2.26 bits per heavy atom. The summed E-state index contributed by atoms with van der Waals surface area (Å²) in [6.45, 7) is 6.92. The Hall–Kier alpha value is -0.860. The van der Waals surface area contributed by atoms with Crippen LogP contribution in [0.15, 0.2) is 24.3 Å². The number of hydrogen-bond acceptors (Lipinski definition) is 2. The fourth-order valence-electron chi connectivity index (χ4n) is 3.02. The van der Waals surface area contributed by atoms with Crippen LogP contribution < -0.4 is 5.32 Å². The molecule has 1 atom stereocenters. The normalized spacial score (nSPS) is 19.8. The van der Waals surface area contributed by atoms with Gasteiger partial charge in [-0.15, -0.1) is 0 Å². The van der Waals surface area contributed by atoms with E-state index in [0.29, 0.717) is 0 Å². The number of aryl methyl sites for hydroxylation is 1. The number of piperidine rings is 1. The summed E-state index contributed by atoms with van der Waals surface area (Å²) in [7, 11) is 2.24. The minimum atomic E-state index is 0.918. The van der Waals surface area contributed by atoms with E-state index >= 15 is 0 Å². The molecule has 1 aliphatic rings. The van der Waals surface area contributed by atoms with Gasteiger partial charge in [-0.05, 0) is 70.8 Å². The Labute approximate surface area is 118 Å². The maximum atomic E-state index is 3.51. The highest BCUT2D eigenvalue weighted by Gasteiger charge is 2.12. The van der Waals surface area contributed by atoms with Crippen LogP contribution in [0.2, 0.25) is 0 Å². The van der Waals surface area contributed by atoms with Gasteiger partial charge in [-0.25, -0.2) is 0 Å². The Morgan fingerprint density at radius 3 is 3.00 bits per heavy atom. The van der Waals surface area contributed by atoms with E-state index in [9.17, 15) is 0 Å². The lowest BCUT2D eigenvalue weighted by molar-refractivity contribution is 0.287. The van der Waals surface area contributed by atoms with Gasteiger partial charge < -0.3 is 10.2 Å². The average molecular weight is 260 g/mol. The summed E-state index contributed by atoms with van der Waals surface area (Å²) in [4.78, 5) is 2.45. The van der Waals surface area contributed by atoms with Gasteiger partial charge in [0.15, 0.2) is 0 Å². The van der Waals surface area contributed by atoms with Crippen molar-refractivity contribution in [1.82, 2.24) is 10.2 Å². The van der Waals surface area contributed by atoms with Crippen molar-refractivity contribution in [2.75, 3.05) is 26.7 Å². The number of hydrogen-bond donors (Lipinski definition) is 1. The standard InChI is InChI=1S/C17H28N2/c1-15-6-3-7-17(12-15)14-19(2)11-5-9-16-8-4-10-18-13-16/h3,6-7,12,16,18H,4-5,8-11,13-14H2,1-2H3. The predicted octanol–water partition coefficient (Wildman–Crippen LogP) is 3.21. The third-order valence-electron chi connectivity index (χ3n) is 4.09. The van der Waals surface area contributed by atoms with E-state index in [0.717, 1.165) is 12.5 Å². The van der Waals surface area contributed by atoms with Gasteiger partial charge >= 0.3 is 0 Å². The maximum Gasteiger partial charge on any atom is 0.0230 e. The molecule has 1 aromatic rings. The second-order valence-electron chi connectivity index (χ2n) is 6.08. The minimum absolute atomic E-state index is 0.918. The highest BCUT2D eigenvalue weighted by Crippen LogP contribution is 2.16. The SMILES string of the molecule is Cc1cccc(CN(C)CCCC2CCCNC2)c1. The lowest BCUT2D eigenvalue weighted by Crippen LogP contribution is -2.30. The molecule has 1 unspecified atom stereocenters. The second kappa shape index (κ2) is 7.66. The van der Waals surface area contributed by atoms with Crippen molar-refractivity contribution in [3.63, 3.8) is 0 Å². The van der Waals surface area contributed by atoms with Crippen LogP contribution in [0.5, 0.6) is 0 Å². The van der Waals surface area contributed by atoms with Crippen LogP contribution in [0.1, 0.15) is 36.8 Å². The van der Waals surface area contributed by atoms with Crippen molar-refractivity contribution in [3.8, 4) is 0 Å². The third kappa shape index (κ3) is 5.33. The lowest BCUT2D eigenvalue weighted by atomic mass is 9.95. The smallest absolute Gasteiger partial charge is 0.0230 e. The van der Waals surface area contributed by atoms with E-state index in [1.54, 1.807) is 0 Å². The molecule has 0 aliphatic carbocycles. The molecule has 19 heavy (non-hydrogen) atoms. The highest BCUT2D eigenvalue weighted by atomic mass is 15.1. The zero-order valence-corrected chi connectivity index (χ0v) is 12.5. The first-order valence-corrected chi connectivity index (χ1v) is 7.69. The molecule has 0 spiro atoms. The summed E-state index contributed by atoms with van der Waals surface area (Å²) in [5.74, 6) is 0.918. The molecule has 2 rings (SSSR count). The molecule has 0 saturated carbocycles. The first-order valence-electron chi connectivity index (χ1n) is 7.69. The molecule has 0 amide bonds. The monoisotopic (exact) mass is 260 g/mol. The quantitative estimate of drug-likeness (QED) is 0.845.